The van der Waals surface area contributed by atoms with E-state index in [0.717, 1.165) is 11.6 Å². The van der Waals surface area contributed by atoms with Crippen LogP contribution in [0.2, 0.25) is 10.0 Å². The summed E-state index contributed by atoms with van der Waals surface area (Å²) in [4.78, 5) is 24.8. The largest absolute Gasteiger partial charge is 0.324 e. The lowest BCUT2D eigenvalue weighted by molar-refractivity contribution is -0.117. The molecule has 0 aliphatic rings. The van der Waals surface area contributed by atoms with Crippen molar-refractivity contribution in [1.82, 2.24) is 15.0 Å². The fourth-order valence-electron chi connectivity index (χ4n) is 2.54. The van der Waals surface area contributed by atoms with Gasteiger partial charge in [-0.1, -0.05) is 34.5 Å². The van der Waals surface area contributed by atoms with Crippen molar-refractivity contribution >= 4 is 46.4 Å². The SMILES string of the molecule is Cc1ccc(Cl)cc1NC(=O)c1nnn(CC(=O)Nc2ccc(F)c(Cl)c2)c1C. The summed E-state index contributed by atoms with van der Waals surface area (Å²) < 4.78 is 14.5. The highest BCUT2D eigenvalue weighted by molar-refractivity contribution is 6.31. The number of hydrogen-bond acceptors (Lipinski definition) is 4. The minimum atomic E-state index is -0.581. The first-order valence-corrected chi connectivity index (χ1v) is 9.22. The van der Waals surface area contributed by atoms with E-state index in [1.165, 1.54) is 16.8 Å². The molecule has 7 nitrogen and oxygen atoms in total. The number of nitrogens with zero attached hydrogens (tertiary/aromatic N) is 3. The summed E-state index contributed by atoms with van der Waals surface area (Å²) in [5.74, 6) is -1.48. The van der Waals surface area contributed by atoms with Crippen molar-refractivity contribution in [3.63, 3.8) is 0 Å². The third-order valence-electron chi connectivity index (χ3n) is 4.14. The normalized spacial score (nSPS) is 10.7. The van der Waals surface area contributed by atoms with Gasteiger partial charge in [0.2, 0.25) is 5.91 Å². The number of hydrogen-bond donors (Lipinski definition) is 2. The third kappa shape index (κ3) is 4.90. The van der Waals surface area contributed by atoms with Gasteiger partial charge >= 0.3 is 0 Å². The Hall–Kier alpha value is -2.97. The summed E-state index contributed by atoms with van der Waals surface area (Å²) in [6, 6.07) is 8.98. The van der Waals surface area contributed by atoms with Crippen molar-refractivity contribution < 1.29 is 14.0 Å². The molecule has 0 saturated carbocycles. The van der Waals surface area contributed by atoms with Crippen molar-refractivity contribution in [1.29, 1.82) is 0 Å². The number of rotatable bonds is 5. The Bertz CT molecular complexity index is 1100. The molecule has 0 saturated heterocycles. The van der Waals surface area contributed by atoms with E-state index in [1.54, 1.807) is 25.1 Å². The summed E-state index contributed by atoms with van der Waals surface area (Å²) in [6.45, 7) is 3.28. The zero-order valence-electron chi connectivity index (χ0n) is 15.5. The molecule has 0 bridgehead atoms. The molecule has 0 atom stereocenters. The van der Waals surface area contributed by atoms with Gasteiger partial charge in [-0.25, -0.2) is 9.07 Å². The van der Waals surface area contributed by atoms with Gasteiger partial charge in [-0.15, -0.1) is 5.10 Å². The molecule has 29 heavy (non-hydrogen) atoms. The second-order valence-corrected chi connectivity index (χ2v) is 7.12. The van der Waals surface area contributed by atoms with Gasteiger partial charge in [0.1, 0.15) is 12.4 Å². The van der Waals surface area contributed by atoms with Gasteiger partial charge < -0.3 is 10.6 Å². The monoisotopic (exact) mass is 435 g/mol. The number of aromatic nitrogens is 3. The molecule has 0 spiro atoms. The first kappa shape index (κ1) is 20.8. The van der Waals surface area contributed by atoms with Crippen LogP contribution < -0.4 is 10.6 Å². The third-order valence-corrected chi connectivity index (χ3v) is 4.67. The maximum atomic E-state index is 13.2. The molecule has 0 radical (unpaired) electrons. The molecule has 3 rings (SSSR count). The zero-order chi connectivity index (χ0) is 21.1. The molecule has 0 aliphatic heterocycles. The fraction of sp³-hybridized carbons (Fsp3) is 0.158. The van der Waals surface area contributed by atoms with Crippen LogP contribution in [0.25, 0.3) is 0 Å². The Kier molecular flexibility index (Phi) is 6.14. The lowest BCUT2D eigenvalue weighted by Crippen LogP contribution is -2.21. The summed E-state index contributed by atoms with van der Waals surface area (Å²) in [7, 11) is 0. The van der Waals surface area contributed by atoms with Crippen LogP contribution in [0.15, 0.2) is 36.4 Å². The van der Waals surface area contributed by atoms with E-state index >= 15 is 0 Å². The predicted octanol–water partition coefficient (Wildman–Crippen LogP) is 4.23. The highest BCUT2D eigenvalue weighted by atomic mass is 35.5. The van der Waals surface area contributed by atoms with Gasteiger partial charge in [0, 0.05) is 16.4 Å². The summed E-state index contributed by atoms with van der Waals surface area (Å²) >= 11 is 11.7. The van der Waals surface area contributed by atoms with E-state index in [1.807, 2.05) is 6.92 Å². The maximum absolute atomic E-state index is 13.2. The van der Waals surface area contributed by atoms with E-state index in [4.69, 9.17) is 23.2 Å². The van der Waals surface area contributed by atoms with E-state index in [2.05, 4.69) is 20.9 Å². The quantitative estimate of drug-likeness (QED) is 0.627. The molecule has 0 unspecified atom stereocenters. The van der Waals surface area contributed by atoms with Crippen LogP contribution in [0.4, 0.5) is 15.8 Å². The number of amides is 2. The van der Waals surface area contributed by atoms with Crippen LogP contribution in [0, 0.1) is 19.7 Å². The standard InChI is InChI=1S/C19H16Cl2FN5O2/c1-10-3-4-12(20)7-16(10)24-19(29)18-11(2)27(26-25-18)9-17(28)23-13-5-6-15(22)14(21)8-13/h3-8H,9H2,1-2H3,(H,23,28)(H,24,29). The molecule has 2 amide bonds. The molecule has 0 fully saturated rings. The lowest BCUT2D eigenvalue weighted by atomic mass is 10.2. The highest BCUT2D eigenvalue weighted by Gasteiger charge is 2.19. The van der Waals surface area contributed by atoms with Crippen molar-refractivity contribution in [2.75, 3.05) is 10.6 Å². The smallest absolute Gasteiger partial charge is 0.278 e. The fourth-order valence-corrected chi connectivity index (χ4v) is 2.89. The number of nitrogens with one attached hydrogen (secondary N) is 2. The molecule has 1 aromatic heterocycles. The van der Waals surface area contributed by atoms with Gasteiger partial charge in [-0.05, 0) is 49.7 Å². The molecular formula is C19H16Cl2FN5O2. The average Bonchev–Trinajstić information content (AvgIpc) is 3.02. The molecule has 1 heterocycles. The number of benzene rings is 2. The van der Waals surface area contributed by atoms with Crippen molar-refractivity contribution in [2.45, 2.75) is 20.4 Å². The zero-order valence-corrected chi connectivity index (χ0v) is 17.0. The summed E-state index contributed by atoms with van der Waals surface area (Å²) in [6.07, 6.45) is 0. The molecule has 10 heteroatoms. The van der Waals surface area contributed by atoms with Crippen molar-refractivity contribution in [2.24, 2.45) is 0 Å². The molecule has 150 valence electrons. The summed E-state index contributed by atoms with van der Waals surface area (Å²) in [5, 5.41) is 13.4. The first-order chi connectivity index (χ1) is 13.7. The Morgan fingerprint density at radius 1 is 1.10 bits per heavy atom. The molecule has 0 aliphatic carbocycles. The predicted molar refractivity (Wildman–Crippen MR) is 109 cm³/mol. The Morgan fingerprint density at radius 3 is 2.59 bits per heavy atom. The lowest BCUT2D eigenvalue weighted by Gasteiger charge is -2.09. The second kappa shape index (κ2) is 8.59. The first-order valence-electron chi connectivity index (χ1n) is 8.47. The van der Waals surface area contributed by atoms with Crippen LogP contribution in [0.5, 0.6) is 0 Å². The highest BCUT2D eigenvalue weighted by Crippen LogP contribution is 2.21. The van der Waals surface area contributed by atoms with Gasteiger partial charge in [0.15, 0.2) is 5.69 Å². The molecule has 3 aromatic rings. The van der Waals surface area contributed by atoms with Gasteiger partial charge in [-0.3, -0.25) is 9.59 Å². The second-order valence-electron chi connectivity index (χ2n) is 6.27. The van der Waals surface area contributed by atoms with E-state index in [-0.39, 0.29) is 17.3 Å². The van der Waals surface area contributed by atoms with Crippen molar-refractivity contribution in [3.05, 3.63) is 69.2 Å². The number of halogens is 3. The number of anilines is 2. The summed E-state index contributed by atoms with van der Waals surface area (Å²) in [5.41, 5.74) is 2.23. The minimum absolute atomic E-state index is 0.0852. The van der Waals surface area contributed by atoms with E-state index in [9.17, 15) is 14.0 Å². The van der Waals surface area contributed by atoms with Crippen LogP contribution in [-0.2, 0) is 11.3 Å². The van der Waals surface area contributed by atoms with Crippen LogP contribution in [-0.4, -0.2) is 26.8 Å². The number of carbonyl (C=O) groups excluding carboxylic acids is 2. The Labute approximate surface area is 175 Å². The van der Waals surface area contributed by atoms with Crippen LogP contribution in [0.1, 0.15) is 21.7 Å². The molecule has 2 aromatic carbocycles. The maximum Gasteiger partial charge on any atom is 0.278 e. The van der Waals surface area contributed by atoms with E-state index in [0.29, 0.717) is 22.1 Å². The number of aryl methyl sites for hydroxylation is 1. The average molecular weight is 436 g/mol. The topological polar surface area (TPSA) is 88.9 Å². The van der Waals surface area contributed by atoms with Crippen molar-refractivity contribution in [3.8, 4) is 0 Å². The Balaban J connectivity index is 1.69. The van der Waals surface area contributed by atoms with Gasteiger partial charge in [0.25, 0.3) is 5.91 Å². The molecular weight excluding hydrogens is 420 g/mol. The van der Waals surface area contributed by atoms with Gasteiger partial charge in [0.05, 0.1) is 10.7 Å². The minimum Gasteiger partial charge on any atom is -0.324 e. The Morgan fingerprint density at radius 2 is 1.86 bits per heavy atom. The van der Waals surface area contributed by atoms with Crippen LogP contribution in [0.3, 0.4) is 0 Å². The van der Waals surface area contributed by atoms with Crippen LogP contribution >= 0.6 is 23.2 Å². The molecule has 2 N–H and O–H groups in total. The number of carbonyl (C=O) groups is 2. The van der Waals surface area contributed by atoms with Gasteiger partial charge in [-0.2, -0.15) is 0 Å². The van der Waals surface area contributed by atoms with E-state index < -0.39 is 17.6 Å².